The van der Waals surface area contributed by atoms with E-state index in [0.717, 1.165) is 18.3 Å². The Morgan fingerprint density at radius 3 is 2.44 bits per heavy atom. The second kappa shape index (κ2) is 8.71. The Hall–Kier alpha value is -3.77. The van der Waals surface area contributed by atoms with Crippen molar-refractivity contribution < 1.29 is 26.0 Å². The van der Waals surface area contributed by atoms with Crippen LogP contribution in [0.5, 0.6) is 0 Å². The molecular weight excluding hydrogens is 516 g/mol. The summed E-state index contributed by atoms with van der Waals surface area (Å²) in [5.74, 6) is 0. The summed E-state index contributed by atoms with van der Waals surface area (Å²) in [5, 5.41) is 0.458. The third kappa shape index (κ3) is 4.44. The predicted molar refractivity (Wildman–Crippen MR) is 129 cm³/mol. The van der Waals surface area contributed by atoms with Gasteiger partial charge in [0.15, 0.2) is 10.3 Å². The van der Waals surface area contributed by atoms with Crippen LogP contribution in [0.1, 0.15) is 5.56 Å². The van der Waals surface area contributed by atoms with E-state index in [1.54, 1.807) is 35.9 Å². The van der Waals surface area contributed by atoms with E-state index in [0.29, 0.717) is 44.5 Å². The number of benzene rings is 3. The summed E-state index contributed by atoms with van der Waals surface area (Å²) >= 11 is 0.562. The molecule has 36 heavy (non-hydrogen) atoms. The van der Waals surface area contributed by atoms with Gasteiger partial charge in [-0.1, -0.05) is 41.7 Å². The molecule has 0 spiro atoms. The fraction of sp³-hybridized carbons (Fsp3) is 0.0833. The van der Waals surface area contributed by atoms with Crippen molar-refractivity contribution in [1.29, 1.82) is 0 Å². The van der Waals surface area contributed by atoms with Gasteiger partial charge in [-0.15, -0.1) is 0 Å². The molecule has 0 fully saturated rings. The topological polar surface area (TPSA) is 76.9 Å². The molecule has 0 saturated carbocycles. The van der Waals surface area contributed by atoms with Gasteiger partial charge in [-0.2, -0.15) is 17.6 Å². The molecular formula is C24H16F4N4O2S2. The molecule has 0 unspecified atom stereocenters. The molecule has 1 N–H and O–H groups in total. The number of aromatic nitrogens is 3. The number of halogens is 4. The summed E-state index contributed by atoms with van der Waals surface area (Å²) in [4.78, 5) is 7.65. The van der Waals surface area contributed by atoms with Gasteiger partial charge in [0.1, 0.15) is 0 Å². The average Bonchev–Trinajstić information content (AvgIpc) is 3.44. The third-order valence-electron chi connectivity index (χ3n) is 5.59. The first kappa shape index (κ1) is 23.9. The maximum Gasteiger partial charge on any atom is 0.416 e. The maximum atomic E-state index is 13.5. The van der Waals surface area contributed by atoms with Gasteiger partial charge in [0, 0.05) is 12.6 Å². The standard InChI is InChI=1S/C24H16F4N4O2S2/c1-32-13-29-11-21(32)20-10-15(24(26,27)28)5-7-19(20)18-4-2-3-14-9-16(6-8-17(14)18)36(33,34)31-23-30-12-22(25)35-23/h2-13H,1H3,(H,30,31). The molecule has 2 heterocycles. The number of alkyl halides is 3. The van der Waals surface area contributed by atoms with Crippen molar-refractivity contribution >= 4 is 37.3 Å². The number of aryl methyl sites for hydroxylation is 1. The number of imidazole rings is 1. The van der Waals surface area contributed by atoms with Crippen LogP contribution in [0.25, 0.3) is 33.2 Å². The molecule has 0 saturated heterocycles. The Morgan fingerprint density at radius 1 is 0.972 bits per heavy atom. The first-order valence-corrected chi connectivity index (χ1v) is 12.7. The molecule has 0 aliphatic carbocycles. The first-order chi connectivity index (χ1) is 17.0. The van der Waals surface area contributed by atoms with Crippen molar-refractivity contribution in [3.63, 3.8) is 0 Å². The van der Waals surface area contributed by atoms with Gasteiger partial charge in [0.05, 0.1) is 34.9 Å². The Balaban J connectivity index is 1.64. The largest absolute Gasteiger partial charge is 0.416 e. The van der Waals surface area contributed by atoms with Gasteiger partial charge < -0.3 is 4.57 Å². The van der Waals surface area contributed by atoms with Gasteiger partial charge >= 0.3 is 6.18 Å². The zero-order valence-electron chi connectivity index (χ0n) is 18.4. The summed E-state index contributed by atoms with van der Waals surface area (Å²) in [6.07, 6.45) is -0.622. The number of hydrogen-bond donors (Lipinski definition) is 1. The summed E-state index contributed by atoms with van der Waals surface area (Å²) in [6, 6.07) is 13.1. The highest BCUT2D eigenvalue weighted by Crippen LogP contribution is 2.40. The molecule has 184 valence electrons. The predicted octanol–water partition coefficient (Wildman–Crippen LogP) is 6.32. The van der Waals surface area contributed by atoms with E-state index in [1.807, 2.05) is 0 Å². The molecule has 0 atom stereocenters. The van der Waals surface area contributed by atoms with E-state index in [9.17, 15) is 26.0 Å². The van der Waals surface area contributed by atoms with Crippen LogP contribution in [0.2, 0.25) is 0 Å². The summed E-state index contributed by atoms with van der Waals surface area (Å²) < 4.78 is 83.2. The fourth-order valence-electron chi connectivity index (χ4n) is 3.92. The second-order valence-electron chi connectivity index (χ2n) is 7.91. The molecule has 0 radical (unpaired) electrons. The van der Waals surface area contributed by atoms with Gasteiger partial charge in [-0.05, 0) is 46.2 Å². The van der Waals surface area contributed by atoms with Crippen LogP contribution in [-0.4, -0.2) is 23.0 Å². The monoisotopic (exact) mass is 532 g/mol. The van der Waals surface area contributed by atoms with Gasteiger partial charge in [-0.3, -0.25) is 4.72 Å². The van der Waals surface area contributed by atoms with Crippen molar-refractivity contribution in [2.24, 2.45) is 7.05 Å². The SMILES string of the molecule is Cn1cncc1-c1cc(C(F)(F)F)ccc1-c1cccc2cc(S(=O)(=O)Nc3ncc(F)s3)ccc12. The second-order valence-corrected chi connectivity index (χ2v) is 10.6. The van der Waals surface area contributed by atoms with Gasteiger partial charge in [-0.25, -0.2) is 18.4 Å². The number of sulfonamides is 1. The zero-order chi connectivity index (χ0) is 25.7. The van der Waals surface area contributed by atoms with Crippen LogP contribution < -0.4 is 4.72 Å². The van der Waals surface area contributed by atoms with Crippen molar-refractivity contribution in [2.75, 3.05) is 4.72 Å². The van der Waals surface area contributed by atoms with Crippen LogP contribution in [0.3, 0.4) is 0 Å². The molecule has 3 aromatic carbocycles. The highest BCUT2D eigenvalue weighted by molar-refractivity contribution is 7.93. The lowest BCUT2D eigenvalue weighted by molar-refractivity contribution is -0.137. The third-order valence-corrected chi connectivity index (χ3v) is 7.76. The number of rotatable bonds is 5. The number of thiazole rings is 1. The fourth-order valence-corrected chi connectivity index (χ4v) is 5.74. The summed E-state index contributed by atoms with van der Waals surface area (Å²) in [7, 11) is -2.36. The zero-order valence-corrected chi connectivity index (χ0v) is 20.0. The first-order valence-electron chi connectivity index (χ1n) is 10.4. The summed E-state index contributed by atoms with van der Waals surface area (Å²) in [6.45, 7) is 0. The van der Waals surface area contributed by atoms with E-state index in [-0.39, 0.29) is 10.0 Å². The highest BCUT2D eigenvalue weighted by Gasteiger charge is 2.31. The van der Waals surface area contributed by atoms with E-state index in [2.05, 4.69) is 14.7 Å². The molecule has 6 nitrogen and oxygen atoms in total. The van der Waals surface area contributed by atoms with Crippen LogP contribution in [0.15, 0.2) is 78.2 Å². The van der Waals surface area contributed by atoms with Crippen LogP contribution in [0.4, 0.5) is 22.7 Å². The Bertz CT molecular complexity index is 1710. The molecule has 5 aromatic rings. The highest BCUT2D eigenvalue weighted by atomic mass is 32.2. The Morgan fingerprint density at radius 2 is 1.78 bits per heavy atom. The minimum absolute atomic E-state index is 0.0676. The molecule has 5 rings (SSSR count). The molecule has 0 aliphatic rings. The van der Waals surface area contributed by atoms with E-state index in [1.165, 1.54) is 30.7 Å². The van der Waals surface area contributed by atoms with Crippen LogP contribution in [0, 0.1) is 5.13 Å². The minimum Gasteiger partial charge on any atom is -0.334 e. The number of nitrogens with one attached hydrogen (secondary N) is 1. The van der Waals surface area contributed by atoms with E-state index >= 15 is 0 Å². The lowest BCUT2D eigenvalue weighted by Gasteiger charge is -2.16. The molecule has 0 amide bonds. The van der Waals surface area contributed by atoms with Crippen LogP contribution in [-0.2, 0) is 23.2 Å². The lowest BCUT2D eigenvalue weighted by Crippen LogP contribution is -2.12. The quantitative estimate of drug-likeness (QED) is 0.269. The minimum atomic E-state index is -4.53. The van der Waals surface area contributed by atoms with Crippen LogP contribution >= 0.6 is 11.3 Å². The normalized spacial score (nSPS) is 12.2. The van der Waals surface area contributed by atoms with E-state index < -0.39 is 26.9 Å². The van der Waals surface area contributed by atoms with Gasteiger partial charge in [0.25, 0.3) is 10.0 Å². The van der Waals surface area contributed by atoms with Crippen molar-refractivity contribution in [3.05, 3.63) is 84.0 Å². The van der Waals surface area contributed by atoms with Crippen molar-refractivity contribution in [2.45, 2.75) is 11.1 Å². The number of nitrogens with zero attached hydrogens (tertiary/aromatic N) is 3. The van der Waals surface area contributed by atoms with Crippen molar-refractivity contribution in [1.82, 2.24) is 14.5 Å². The number of fused-ring (bicyclic) bond motifs is 1. The summed E-state index contributed by atoms with van der Waals surface area (Å²) in [5.41, 5.74) is 1.19. The number of anilines is 1. The Kier molecular flexibility index (Phi) is 5.80. The van der Waals surface area contributed by atoms with E-state index in [4.69, 9.17) is 0 Å². The Labute approximate surface area is 206 Å². The molecule has 2 aromatic heterocycles. The van der Waals surface area contributed by atoms with Gasteiger partial charge in [0.2, 0.25) is 0 Å². The molecule has 12 heteroatoms. The molecule has 0 aliphatic heterocycles. The molecule has 0 bridgehead atoms. The smallest absolute Gasteiger partial charge is 0.334 e. The maximum absolute atomic E-state index is 13.5. The number of hydrogen-bond acceptors (Lipinski definition) is 5. The average molecular weight is 533 g/mol. The lowest BCUT2D eigenvalue weighted by atomic mass is 9.92. The van der Waals surface area contributed by atoms with Crippen molar-refractivity contribution in [3.8, 4) is 22.4 Å².